The van der Waals surface area contributed by atoms with E-state index in [-0.39, 0.29) is 11.9 Å². The van der Waals surface area contributed by atoms with E-state index in [0.29, 0.717) is 6.42 Å². The number of benzene rings is 1. The lowest BCUT2D eigenvalue weighted by Crippen LogP contribution is -2.32. The Labute approximate surface area is 161 Å². The molecule has 1 amide bonds. The van der Waals surface area contributed by atoms with Crippen LogP contribution in [0.15, 0.2) is 53.3 Å². The number of methoxy groups -OCH3 is 1. The summed E-state index contributed by atoms with van der Waals surface area (Å²) in [6, 6.07) is 11.4. The molecule has 1 saturated heterocycles. The summed E-state index contributed by atoms with van der Waals surface area (Å²) in [6.07, 6.45) is 5.76. The summed E-state index contributed by atoms with van der Waals surface area (Å²) < 4.78 is 12.8. The number of likely N-dealkylation sites (tertiary alicyclic amines) is 1. The van der Waals surface area contributed by atoms with Gasteiger partial charge >= 0.3 is 0 Å². The van der Waals surface area contributed by atoms with E-state index in [4.69, 9.17) is 9.15 Å². The molecular weight excluding hydrogens is 356 g/mol. The number of aromatic nitrogens is 3. The molecule has 7 heteroatoms. The molecule has 0 unspecified atom stereocenters. The minimum absolute atomic E-state index is 0.0526. The molecule has 0 radical (unpaired) electrons. The Morgan fingerprint density at radius 1 is 1.29 bits per heavy atom. The molecule has 142 valence electrons. The fourth-order valence-electron chi connectivity index (χ4n) is 4.01. The van der Waals surface area contributed by atoms with Gasteiger partial charge in [0.25, 0.3) is 0 Å². The van der Waals surface area contributed by atoms with Crippen molar-refractivity contribution in [1.82, 2.24) is 19.5 Å². The second kappa shape index (κ2) is 6.67. The monoisotopic (exact) mass is 376 g/mol. The predicted molar refractivity (Wildman–Crippen MR) is 103 cm³/mol. The van der Waals surface area contributed by atoms with Crippen LogP contribution in [-0.4, -0.2) is 39.1 Å². The lowest BCUT2D eigenvalue weighted by molar-refractivity contribution is -0.131. The molecule has 1 aliphatic rings. The van der Waals surface area contributed by atoms with Gasteiger partial charge < -0.3 is 14.1 Å². The third-order valence-corrected chi connectivity index (χ3v) is 5.42. The zero-order chi connectivity index (χ0) is 19.1. The van der Waals surface area contributed by atoms with Crippen LogP contribution in [0.5, 0.6) is 5.75 Å². The van der Waals surface area contributed by atoms with Crippen LogP contribution in [0.1, 0.15) is 30.3 Å². The van der Waals surface area contributed by atoms with E-state index in [2.05, 4.69) is 10.2 Å². The van der Waals surface area contributed by atoms with Gasteiger partial charge in [-0.2, -0.15) is 0 Å². The molecule has 0 saturated carbocycles. The van der Waals surface area contributed by atoms with Crippen molar-refractivity contribution in [2.45, 2.75) is 25.3 Å². The van der Waals surface area contributed by atoms with Gasteiger partial charge in [0.05, 0.1) is 25.8 Å². The zero-order valence-electron chi connectivity index (χ0n) is 15.5. The van der Waals surface area contributed by atoms with E-state index < -0.39 is 0 Å². The molecule has 0 N–H and O–H groups in total. The van der Waals surface area contributed by atoms with Gasteiger partial charge in [0.2, 0.25) is 5.91 Å². The molecule has 5 rings (SSSR count). The Morgan fingerprint density at radius 3 is 3.11 bits per heavy atom. The largest absolute Gasteiger partial charge is 0.497 e. The van der Waals surface area contributed by atoms with Crippen molar-refractivity contribution in [2.75, 3.05) is 13.7 Å². The van der Waals surface area contributed by atoms with Gasteiger partial charge in [-0.25, -0.2) is 0 Å². The maximum Gasteiger partial charge on any atom is 0.227 e. The number of hydrogen-bond donors (Lipinski definition) is 0. The van der Waals surface area contributed by atoms with Gasteiger partial charge in [0.15, 0.2) is 11.5 Å². The van der Waals surface area contributed by atoms with E-state index in [1.807, 2.05) is 51.9 Å². The Hall–Kier alpha value is -3.35. The van der Waals surface area contributed by atoms with Crippen LogP contribution >= 0.6 is 0 Å². The van der Waals surface area contributed by atoms with E-state index in [1.54, 1.807) is 13.4 Å². The molecular formula is C21H20N4O3. The molecule has 1 fully saturated rings. The third kappa shape index (κ3) is 2.70. The summed E-state index contributed by atoms with van der Waals surface area (Å²) in [4.78, 5) is 15.0. The highest BCUT2D eigenvalue weighted by atomic mass is 16.5. The maximum atomic E-state index is 13.1. The standard InChI is InChI=1S/C21H20N4O3/c1-27-15-7-8-16-14(13-28-18(16)12-15)11-20(26)24-10-4-5-17(24)21-23-22-19-6-2-3-9-25(19)21/h2-3,6-9,12-13,17H,4-5,10-11H2,1H3/t17-/m1/s1. The van der Waals surface area contributed by atoms with Crippen molar-refractivity contribution >= 4 is 22.5 Å². The van der Waals surface area contributed by atoms with Gasteiger partial charge in [-0.15, -0.1) is 10.2 Å². The van der Waals surface area contributed by atoms with Gasteiger partial charge in [0.1, 0.15) is 11.3 Å². The lowest BCUT2D eigenvalue weighted by atomic mass is 10.1. The van der Waals surface area contributed by atoms with E-state index in [1.165, 1.54) is 0 Å². The number of carbonyl (C=O) groups excluding carboxylic acids is 1. The molecule has 3 aromatic heterocycles. The molecule has 1 atom stereocenters. The molecule has 4 aromatic rings. The first-order valence-corrected chi connectivity index (χ1v) is 9.38. The summed E-state index contributed by atoms with van der Waals surface area (Å²) in [5.41, 5.74) is 2.41. The van der Waals surface area contributed by atoms with Gasteiger partial charge in [-0.3, -0.25) is 9.20 Å². The number of fused-ring (bicyclic) bond motifs is 2. The maximum absolute atomic E-state index is 13.1. The molecule has 0 bridgehead atoms. The van der Waals surface area contributed by atoms with Gasteiger partial charge in [-0.05, 0) is 37.1 Å². The minimum atomic E-state index is -0.0526. The van der Waals surface area contributed by atoms with Crippen molar-refractivity contribution in [3.63, 3.8) is 0 Å². The van der Waals surface area contributed by atoms with E-state index in [0.717, 1.165) is 53.1 Å². The number of carbonyl (C=O) groups is 1. The van der Waals surface area contributed by atoms with Crippen LogP contribution in [0.4, 0.5) is 0 Å². The van der Waals surface area contributed by atoms with Crippen molar-refractivity contribution in [3.05, 3.63) is 60.2 Å². The van der Waals surface area contributed by atoms with Gasteiger partial charge in [-0.1, -0.05) is 6.07 Å². The SMILES string of the molecule is COc1ccc2c(CC(=O)N3CCC[C@@H]3c3nnc4ccccn34)coc2c1. The third-order valence-electron chi connectivity index (χ3n) is 5.42. The Kier molecular flexibility index (Phi) is 4.00. The molecule has 0 aliphatic carbocycles. The smallest absolute Gasteiger partial charge is 0.227 e. The van der Waals surface area contributed by atoms with Crippen molar-refractivity contribution < 1.29 is 13.9 Å². The van der Waals surface area contributed by atoms with Crippen LogP contribution in [0.3, 0.4) is 0 Å². The number of rotatable bonds is 4. The van der Waals surface area contributed by atoms with Crippen molar-refractivity contribution in [1.29, 1.82) is 0 Å². The lowest BCUT2D eigenvalue weighted by Gasteiger charge is -2.23. The normalized spacial score (nSPS) is 16.9. The van der Waals surface area contributed by atoms with Crippen LogP contribution in [-0.2, 0) is 11.2 Å². The number of nitrogens with zero attached hydrogens (tertiary/aromatic N) is 4. The molecule has 1 aromatic carbocycles. The highest BCUT2D eigenvalue weighted by molar-refractivity contribution is 5.88. The van der Waals surface area contributed by atoms with Crippen molar-refractivity contribution in [2.24, 2.45) is 0 Å². The quantitative estimate of drug-likeness (QED) is 0.546. The molecule has 0 spiro atoms. The summed E-state index contributed by atoms with van der Waals surface area (Å²) in [7, 11) is 1.62. The number of amides is 1. The predicted octanol–water partition coefficient (Wildman–Crippen LogP) is 3.39. The van der Waals surface area contributed by atoms with Crippen LogP contribution in [0.25, 0.3) is 16.6 Å². The number of ether oxygens (including phenoxy) is 1. The molecule has 4 heterocycles. The fraction of sp³-hybridized carbons (Fsp3) is 0.286. The summed E-state index contributed by atoms with van der Waals surface area (Å²) in [6.45, 7) is 0.731. The fourth-order valence-corrected chi connectivity index (χ4v) is 4.01. The van der Waals surface area contributed by atoms with Crippen LogP contribution in [0.2, 0.25) is 0 Å². The molecule has 7 nitrogen and oxygen atoms in total. The van der Waals surface area contributed by atoms with E-state index >= 15 is 0 Å². The second-order valence-electron chi connectivity index (χ2n) is 7.03. The number of hydrogen-bond acceptors (Lipinski definition) is 5. The van der Waals surface area contributed by atoms with Crippen LogP contribution in [0, 0.1) is 0 Å². The average molecular weight is 376 g/mol. The first kappa shape index (κ1) is 16.8. The highest BCUT2D eigenvalue weighted by Gasteiger charge is 2.33. The Bertz CT molecular complexity index is 1160. The Balaban J connectivity index is 1.42. The first-order valence-electron chi connectivity index (χ1n) is 9.38. The topological polar surface area (TPSA) is 72.9 Å². The number of pyridine rings is 1. The average Bonchev–Trinajstić information content (AvgIpc) is 3.45. The summed E-state index contributed by atoms with van der Waals surface area (Å²) in [5.74, 6) is 1.63. The van der Waals surface area contributed by atoms with Crippen LogP contribution < -0.4 is 4.74 Å². The molecule has 28 heavy (non-hydrogen) atoms. The van der Waals surface area contributed by atoms with Gasteiger partial charge in [0, 0.05) is 29.8 Å². The zero-order valence-corrected chi connectivity index (χ0v) is 15.5. The first-order chi connectivity index (χ1) is 13.7. The summed E-state index contributed by atoms with van der Waals surface area (Å²) in [5, 5.41) is 9.54. The minimum Gasteiger partial charge on any atom is -0.497 e. The Morgan fingerprint density at radius 2 is 2.21 bits per heavy atom. The van der Waals surface area contributed by atoms with Crippen molar-refractivity contribution in [3.8, 4) is 5.75 Å². The van der Waals surface area contributed by atoms with E-state index in [9.17, 15) is 4.79 Å². The highest BCUT2D eigenvalue weighted by Crippen LogP contribution is 2.33. The number of furan rings is 1. The second-order valence-corrected chi connectivity index (χ2v) is 7.03. The molecule has 1 aliphatic heterocycles. The summed E-state index contributed by atoms with van der Waals surface area (Å²) >= 11 is 0.